The number of thiophene rings is 1. The van der Waals surface area contributed by atoms with Gasteiger partial charge < -0.3 is 9.80 Å². The second kappa shape index (κ2) is 6.75. The molecule has 0 amide bonds. The minimum absolute atomic E-state index is 0.142. The summed E-state index contributed by atoms with van der Waals surface area (Å²) < 4.78 is 14.1. The Hall–Kier alpha value is -2.21. The summed E-state index contributed by atoms with van der Waals surface area (Å²) in [5.74, 6) is 1.68. The number of hydrogen-bond donors (Lipinski definition) is 0. The summed E-state index contributed by atoms with van der Waals surface area (Å²) in [4.78, 5) is 16.3. The van der Waals surface area contributed by atoms with Gasteiger partial charge in [-0.1, -0.05) is 19.1 Å². The molecule has 5 rings (SSSR count). The molecule has 3 aromatic rings. The van der Waals surface area contributed by atoms with Crippen molar-refractivity contribution < 1.29 is 4.39 Å². The van der Waals surface area contributed by atoms with Crippen molar-refractivity contribution in [2.45, 2.75) is 26.2 Å². The minimum Gasteiger partial charge on any atom is -0.366 e. The topological polar surface area (TPSA) is 32.3 Å². The van der Waals surface area contributed by atoms with Crippen LogP contribution >= 0.6 is 11.3 Å². The van der Waals surface area contributed by atoms with E-state index in [1.54, 1.807) is 12.4 Å². The SMILES string of the molecule is C[C@H]1CCc2c(sc3ncnc(N4CCN(c5ccccc5F)CC4)c23)C1. The van der Waals surface area contributed by atoms with Gasteiger partial charge in [-0.05, 0) is 42.9 Å². The molecule has 0 bridgehead atoms. The molecule has 1 aromatic carbocycles. The molecule has 4 nitrogen and oxygen atoms in total. The highest BCUT2D eigenvalue weighted by atomic mass is 32.1. The predicted octanol–water partition coefficient (Wildman–Crippen LogP) is 4.28. The normalized spacial score (nSPS) is 20.1. The summed E-state index contributed by atoms with van der Waals surface area (Å²) in [5.41, 5.74) is 2.17. The maximum absolute atomic E-state index is 14.1. The molecule has 140 valence electrons. The van der Waals surface area contributed by atoms with Crippen molar-refractivity contribution in [3.8, 4) is 0 Å². The van der Waals surface area contributed by atoms with Crippen molar-refractivity contribution in [1.29, 1.82) is 0 Å². The number of rotatable bonds is 2. The lowest BCUT2D eigenvalue weighted by Gasteiger charge is -2.37. The second-order valence-corrected chi connectivity index (χ2v) is 8.74. The number of benzene rings is 1. The molecule has 1 saturated heterocycles. The van der Waals surface area contributed by atoms with E-state index in [9.17, 15) is 4.39 Å². The van der Waals surface area contributed by atoms with Gasteiger partial charge in [-0.2, -0.15) is 0 Å². The fourth-order valence-electron chi connectivity index (χ4n) is 4.37. The number of hydrogen-bond acceptors (Lipinski definition) is 5. The lowest BCUT2D eigenvalue weighted by molar-refractivity contribution is 0.509. The molecule has 3 heterocycles. The van der Waals surface area contributed by atoms with Crippen molar-refractivity contribution in [2.24, 2.45) is 5.92 Å². The van der Waals surface area contributed by atoms with Gasteiger partial charge in [0.25, 0.3) is 0 Å². The van der Waals surface area contributed by atoms with E-state index < -0.39 is 0 Å². The van der Waals surface area contributed by atoms with E-state index in [1.165, 1.54) is 28.3 Å². The van der Waals surface area contributed by atoms with Crippen LogP contribution in [0.5, 0.6) is 0 Å². The van der Waals surface area contributed by atoms with Crippen LogP contribution in [0.15, 0.2) is 30.6 Å². The van der Waals surface area contributed by atoms with Gasteiger partial charge in [0.1, 0.15) is 22.8 Å². The van der Waals surface area contributed by atoms with Gasteiger partial charge >= 0.3 is 0 Å². The Kier molecular flexibility index (Phi) is 4.23. The third-order valence-electron chi connectivity index (χ3n) is 5.84. The fraction of sp³-hybridized carbons (Fsp3) is 0.429. The molecule has 2 aliphatic rings. The standard InChI is InChI=1S/C21H23FN4S/c1-14-6-7-15-18(12-14)27-21-19(15)20(23-13-24-21)26-10-8-25(9-11-26)17-5-3-2-4-16(17)22/h2-5,13-14H,6-12H2,1H3/t14-/m0/s1. The summed E-state index contributed by atoms with van der Waals surface area (Å²) in [6.07, 6.45) is 5.24. The molecule has 2 aromatic heterocycles. The highest BCUT2D eigenvalue weighted by molar-refractivity contribution is 7.19. The minimum atomic E-state index is -0.142. The summed E-state index contributed by atoms with van der Waals surface area (Å²) in [7, 11) is 0. The number of halogens is 1. The Bertz CT molecular complexity index is 977. The average molecular weight is 383 g/mol. The van der Waals surface area contributed by atoms with Crippen LogP contribution in [0.2, 0.25) is 0 Å². The molecule has 0 saturated carbocycles. The van der Waals surface area contributed by atoms with Crippen LogP contribution < -0.4 is 9.80 Å². The summed E-state index contributed by atoms with van der Waals surface area (Å²) >= 11 is 1.84. The van der Waals surface area contributed by atoms with Crippen LogP contribution in [-0.4, -0.2) is 36.1 Å². The monoisotopic (exact) mass is 382 g/mol. The second-order valence-electron chi connectivity index (χ2n) is 7.65. The molecule has 27 heavy (non-hydrogen) atoms. The van der Waals surface area contributed by atoms with Crippen molar-refractivity contribution in [3.63, 3.8) is 0 Å². The maximum Gasteiger partial charge on any atom is 0.146 e. The van der Waals surface area contributed by atoms with Crippen LogP contribution in [0.4, 0.5) is 15.9 Å². The quantitative estimate of drug-likeness (QED) is 0.662. The molecule has 1 aliphatic carbocycles. The van der Waals surface area contributed by atoms with Gasteiger partial charge in [0.15, 0.2) is 0 Å². The molecule has 1 aliphatic heterocycles. The van der Waals surface area contributed by atoms with Crippen molar-refractivity contribution >= 4 is 33.1 Å². The first-order valence-corrected chi connectivity index (χ1v) is 10.5. The van der Waals surface area contributed by atoms with Crippen molar-refractivity contribution in [2.75, 3.05) is 36.0 Å². The lowest BCUT2D eigenvalue weighted by atomic mass is 9.89. The summed E-state index contributed by atoms with van der Waals surface area (Å²) in [6.45, 7) is 5.64. The van der Waals surface area contributed by atoms with E-state index in [1.807, 2.05) is 23.5 Å². The fourth-order valence-corrected chi connectivity index (χ4v) is 5.71. The van der Waals surface area contributed by atoms with Crippen molar-refractivity contribution in [3.05, 3.63) is 46.9 Å². The maximum atomic E-state index is 14.1. The summed E-state index contributed by atoms with van der Waals surface area (Å²) in [5, 5.41) is 1.27. The van der Waals surface area contributed by atoms with Gasteiger partial charge in [-0.3, -0.25) is 0 Å². The van der Waals surface area contributed by atoms with E-state index in [-0.39, 0.29) is 5.82 Å². The molecule has 1 fully saturated rings. The summed E-state index contributed by atoms with van der Waals surface area (Å²) in [6, 6.07) is 7.04. The van der Waals surface area contributed by atoms with Crippen LogP contribution in [0.25, 0.3) is 10.2 Å². The Morgan fingerprint density at radius 2 is 1.85 bits per heavy atom. The van der Waals surface area contributed by atoms with E-state index in [0.717, 1.165) is 55.6 Å². The molecule has 0 unspecified atom stereocenters. The zero-order valence-corrected chi connectivity index (χ0v) is 16.3. The predicted molar refractivity (Wildman–Crippen MR) is 109 cm³/mol. The van der Waals surface area contributed by atoms with Crippen LogP contribution in [0, 0.1) is 11.7 Å². The molecular formula is C21H23FN4S. The van der Waals surface area contributed by atoms with E-state index in [2.05, 4.69) is 26.7 Å². The Morgan fingerprint density at radius 3 is 2.67 bits per heavy atom. The number of para-hydroxylation sites is 1. The third-order valence-corrected chi connectivity index (χ3v) is 7.01. The Labute approximate surface area is 162 Å². The number of piperazine rings is 1. The third kappa shape index (κ3) is 2.96. The first kappa shape index (κ1) is 16.9. The van der Waals surface area contributed by atoms with Crippen LogP contribution in [0.3, 0.4) is 0 Å². The zero-order chi connectivity index (χ0) is 18.4. The zero-order valence-electron chi connectivity index (χ0n) is 15.5. The molecule has 0 spiro atoms. The number of aryl methyl sites for hydroxylation is 1. The molecular weight excluding hydrogens is 359 g/mol. The number of anilines is 2. The number of aromatic nitrogens is 2. The van der Waals surface area contributed by atoms with Gasteiger partial charge in [0, 0.05) is 31.1 Å². The van der Waals surface area contributed by atoms with E-state index >= 15 is 0 Å². The smallest absolute Gasteiger partial charge is 0.146 e. The van der Waals surface area contributed by atoms with Crippen molar-refractivity contribution in [1.82, 2.24) is 9.97 Å². The highest BCUT2D eigenvalue weighted by Crippen LogP contribution is 2.40. The van der Waals surface area contributed by atoms with Gasteiger partial charge in [-0.25, -0.2) is 14.4 Å². The lowest BCUT2D eigenvalue weighted by Crippen LogP contribution is -2.47. The van der Waals surface area contributed by atoms with E-state index in [4.69, 9.17) is 0 Å². The van der Waals surface area contributed by atoms with Gasteiger partial charge in [0.05, 0.1) is 11.1 Å². The van der Waals surface area contributed by atoms with Gasteiger partial charge in [-0.15, -0.1) is 11.3 Å². The first-order chi connectivity index (χ1) is 13.2. The molecule has 0 N–H and O–H groups in total. The van der Waals surface area contributed by atoms with Crippen LogP contribution in [0.1, 0.15) is 23.8 Å². The van der Waals surface area contributed by atoms with Gasteiger partial charge in [0.2, 0.25) is 0 Å². The molecule has 0 radical (unpaired) electrons. The van der Waals surface area contributed by atoms with E-state index in [0.29, 0.717) is 5.69 Å². The Morgan fingerprint density at radius 1 is 1.07 bits per heavy atom. The Balaban J connectivity index is 1.43. The molecule has 1 atom stereocenters. The highest BCUT2D eigenvalue weighted by Gasteiger charge is 2.27. The molecule has 6 heteroatoms. The van der Waals surface area contributed by atoms with Crippen LogP contribution in [-0.2, 0) is 12.8 Å². The first-order valence-electron chi connectivity index (χ1n) is 9.70. The largest absolute Gasteiger partial charge is 0.366 e. The average Bonchev–Trinajstić information content (AvgIpc) is 3.06. The number of fused-ring (bicyclic) bond motifs is 3. The number of nitrogens with zero attached hydrogens (tertiary/aromatic N) is 4.